The Morgan fingerprint density at radius 1 is 0.900 bits per heavy atom. The molecular weight excluding hydrogens is 319 g/mol. The Morgan fingerprint density at radius 2 is 1.60 bits per heavy atom. The smallest absolute Gasteiger partial charge is 0.140 e. The zero-order valence-corrected chi connectivity index (χ0v) is 12.5. The number of aromatic amines is 1. The Bertz CT molecular complexity index is 664. The molecule has 0 saturated carbocycles. The van der Waals surface area contributed by atoms with E-state index in [0.717, 1.165) is 22.4 Å². The summed E-state index contributed by atoms with van der Waals surface area (Å²) in [5.74, 6) is 0.746. The third kappa shape index (κ3) is 3.28. The van der Waals surface area contributed by atoms with Gasteiger partial charge in [0.15, 0.2) is 0 Å². The standard InChI is InChI=1S/C13H12N4.3ClH/c14-8-5-6-10(15)9(7-8)13-16-11-3-1-2-4-12(11)17-13;;;/h1-7H,14-15H2,(H,16,17);3*1H/p-3. The highest BCUT2D eigenvalue weighted by molar-refractivity contribution is 5.83. The fourth-order valence-electron chi connectivity index (χ4n) is 1.86. The Hall–Kier alpha value is -1.62. The van der Waals surface area contributed by atoms with Crippen molar-refractivity contribution < 1.29 is 37.2 Å². The van der Waals surface area contributed by atoms with Gasteiger partial charge < -0.3 is 53.7 Å². The first-order valence-electron chi connectivity index (χ1n) is 5.34. The Morgan fingerprint density at radius 3 is 2.30 bits per heavy atom. The summed E-state index contributed by atoms with van der Waals surface area (Å²) in [7, 11) is 0. The van der Waals surface area contributed by atoms with E-state index in [2.05, 4.69) is 9.97 Å². The molecule has 0 amide bonds. The van der Waals surface area contributed by atoms with Crippen LogP contribution in [0.25, 0.3) is 22.4 Å². The van der Waals surface area contributed by atoms with Gasteiger partial charge in [0.05, 0.1) is 11.0 Å². The van der Waals surface area contributed by atoms with E-state index >= 15 is 0 Å². The number of halogens is 3. The molecule has 2 aromatic carbocycles. The molecule has 0 fully saturated rings. The van der Waals surface area contributed by atoms with Crippen LogP contribution in [-0.2, 0) is 0 Å². The molecule has 0 saturated heterocycles. The molecule has 1 heterocycles. The van der Waals surface area contributed by atoms with Crippen LogP contribution in [0.5, 0.6) is 0 Å². The number of H-pyrrole nitrogens is 1. The number of hydrogen-bond donors (Lipinski definition) is 3. The second-order valence-electron chi connectivity index (χ2n) is 3.95. The molecule has 108 valence electrons. The number of nitrogens with zero attached hydrogens (tertiary/aromatic N) is 1. The third-order valence-corrected chi connectivity index (χ3v) is 2.72. The second-order valence-corrected chi connectivity index (χ2v) is 3.95. The molecule has 0 aliphatic heterocycles. The van der Waals surface area contributed by atoms with Crippen molar-refractivity contribution in [3.8, 4) is 11.4 Å². The molecule has 7 heteroatoms. The van der Waals surface area contributed by atoms with E-state index in [0.29, 0.717) is 11.4 Å². The normalized spacial score (nSPS) is 9.20. The molecule has 3 rings (SSSR count). The molecule has 3 aromatic rings. The number of imidazole rings is 1. The molecule has 0 aliphatic carbocycles. The van der Waals surface area contributed by atoms with E-state index in [1.807, 2.05) is 30.3 Å². The summed E-state index contributed by atoms with van der Waals surface area (Å²) in [6.07, 6.45) is 0. The SMILES string of the molecule is Nc1ccc(N)c(-c2nc3ccccc3[nH]2)c1.[Cl-].[Cl-].[Cl-]. The Balaban J connectivity index is 0.00000120. The summed E-state index contributed by atoms with van der Waals surface area (Å²) in [5.41, 5.74) is 15.8. The zero-order chi connectivity index (χ0) is 11.8. The number of nitrogen functional groups attached to an aromatic ring is 2. The first kappa shape index (κ1) is 18.4. The number of para-hydroxylation sites is 2. The lowest BCUT2D eigenvalue weighted by Crippen LogP contribution is -3.00. The summed E-state index contributed by atoms with van der Waals surface area (Å²) in [4.78, 5) is 7.73. The minimum Gasteiger partial charge on any atom is -1.00 e. The van der Waals surface area contributed by atoms with E-state index in [1.54, 1.807) is 12.1 Å². The minimum atomic E-state index is 0. The van der Waals surface area contributed by atoms with E-state index < -0.39 is 0 Å². The van der Waals surface area contributed by atoms with Gasteiger partial charge in [0.25, 0.3) is 0 Å². The number of nitrogens with one attached hydrogen (secondary N) is 1. The van der Waals surface area contributed by atoms with Crippen molar-refractivity contribution in [1.29, 1.82) is 0 Å². The van der Waals surface area contributed by atoms with Gasteiger partial charge in [0.1, 0.15) is 5.82 Å². The largest absolute Gasteiger partial charge is 1.00 e. The van der Waals surface area contributed by atoms with Crippen molar-refractivity contribution in [3.63, 3.8) is 0 Å². The predicted octanol–water partition coefficient (Wildman–Crippen LogP) is -6.59. The van der Waals surface area contributed by atoms with Gasteiger partial charge in [-0.2, -0.15) is 0 Å². The molecule has 20 heavy (non-hydrogen) atoms. The van der Waals surface area contributed by atoms with Crippen LogP contribution >= 0.6 is 0 Å². The van der Waals surface area contributed by atoms with E-state index in [9.17, 15) is 0 Å². The molecule has 5 N–H and O–H groups in total. The fourth-order valence-corrected chi connectivity index (χ4v) is 1.86. The van der Waals surface area contributed by atoms with Crippen LogP contribution in [0, 0.1) is 0 Å². The van der Waals surface area contributed by atoms with Crippen LogP contribution in [-0.4, -0.2) is 9.97 Å². The highest BCUT2D eigenvalue weighted by Gasteiger charge is 2.08. The molecule has 1 aromatic heterocycles. The Kier molecular flexibility index (Phi) is 6.65. The fraction of sp³-hybridized carbons (Fsp3) is 0. The molecule has 0 aliphatic rings. The number of anilines is 2. The molecule has 4 nitrogen and oxygen atoms in total. The van der Waals surface area contributed by atoms with E-state index in [1.165, 1.54) is 0 Å². The topological polar surface area (TPSA) is 80.7 Å². The van der Waals surface area contributed by atoms with Gasteiger partial charge in [-0.1, -0.05) is 12.1 Å². The maximum atomic E-state index is 5.93. The van der Waals surface area contributed by atoms with Gasteiger partial charge in [0.2, 0.25) is 0 Å². The first-order chi connectivity index (χ1) is 8.24. The van der Waals surface area contributed by atoms with Crippen LogP contribution in [0.15, 0.2) is 42.5 Å². The maximum Gasteiger partial charge on any atom is 0.140 e. The van der Waals surface area contributed by atoms with Crippen LogP contribution in [0.2, 0.25) is 0 Å². The minimum absolute atomic E-state index is 0. The summed E-state index contributed by atoms with van der Waals surface area (Å²) >= 11 is 0. The summed E-state index contributed by atoms with van der Waals surface area (Å²) < 4.78 is 0. The average Bonchev–Trinajstić information content (AvgIpc) is 2.75. The molecule has 0 bridgehead atoms. The maximum absolute atomic E-state index is 5.93. The van der Waals surface area contributed by atoms with Crippen molar-refractivity contribution in [3.05, 3.63) is 42.5 Å². The summed E-state index contributed by atoms with van der Waals surface area (Å²) in [6.45, 7) is 0. The molecule has 0 radical (unpaired) electrons. The summed E-state index contributed by atoms with van der Waals surface area (Å²) in [5, 5.41) is 0. The van der Waals surface area contributed by atoms with Crippen molar-refractivity contribution in [2.75, 3.05) is 11.5 Å². The third-order valence-electron chi connectivity index (χ3n) is 2.72. The van der Waals surface area contributed by atoms with Crippen LogP contribution in [0.4, 0.5) is 11.4 Å². The lowest BCUT2D eigenvalue weighted by atomic mass is 10.1. The lowest BCUT2D eigenvalue weighted by Gasteiger charge is -2.03. The van der Waals surface area contributed by atoms with Crippen molar-refractivity contribution in [2.24, 2.45) is 0 Å². The van der Waals surface area contributed by atoms with Gasteiger partial charge in [0, 0.05) is 16.9 Å². The van der Waals surface area contributed by atoms with Crippen LogP contribution in [0.1, 0.15) is 0 Å². The van der Waals surface area contributed by atoms with Gasteiger partial charge >= 0.3 is 0 Å². The van der Waals surface area contributed by atoms with Crippen LogP contribution < -0.4 is 48.7 Å². The molecule has 0 atom stereocenters. The summed E-state index contributed by atoms with van der Waals surface area (Å²) in [6, 6.07) is 13.3. The highest BCUT2D eigenvalue weighted by atomic mass is 35.5. The van der Waals surface area contributed by atoms with E-state index in [-0.39, 0.29) is 37.2 Å². The number of fused-ring (bicyclic) bond motifs is 1. The van der Waals surface area contributed by atoms with Crippen molar-refractivity contribution in [2.45, 2.75) is 0 Å². The number of nitrogens with two attached hydrogens (primary N) is 2. The number of rotatable bonds is 1. The van der Waals surface area contributed by atoms with Crippen LogP contribution in [0.3, 0.4) is 0 Å². The molecule has 0 unspecified atom stereocenters. The lowest BCUT2D eigenvalue weighted by molar-refractivity contribution is -0.00100. The quantitative estimate of drug-likeness (QED) is 0.388. The molecule has 0 spiro atoms. The van der Waals surface area contributed by atoms with Gasteiger partial charge in [-0.25, -0.2) is 4.98 Å². The first-order valence-corrected chi connectivity index (χ1v) is 5.34. The average molecular weight is 331 g/mol. The van der Waals surface area contributed by atoms with E-state index in [4.69, 9.17) is 11.5 Å². The van der Waals surface area contributed by atoms with Gasteiger partial charge in [-0.3, -0.25) is 0 Å². The Labute approximate surface area is 135 Å². The molecular formula is C13H12Cl3N4-3. The monoisotopic (exact) mass is 329 g/mol. The van der Waals surface area contributed by atoms with Gasteiger partial charge in [-0.05, 0) is 30.3 Å². The number of benzene rings is 2. The van der Waals surface area contributed by atoms with Crippen molar-refractivity contribution >= 4 is 22.4 Å². The highest BCUT2D eigenvalue weighted by Crippen LogP contribution is 2.27. The number of aromatic nitrogens is 2. The number of hydrogen-bond acceptors (Lipinski definition) is 3. The predicted molar refractivity (Wildman–Crippen MR) is 70.4 cm³/mol. The van der Waals surface area contributed by atoms with Gasteiger partial charge in [-0.15, -0.1) is 0 Å². The zero-order valence-electron chi connectivity index (χ0n) is 10.3. The second kappa shape index (κ2) is 7.24. The van der Waals surface area contributed by atoms with Crippen molar-refractivity contribution in [1.82, 2.24) is 9.97 Å².